The molecular formula is C16H24N2O2. The van der Waals surface area contributed by atoms with Crippen molar-refractivity contribution in [1.29, 1.82) is 0 Å². The average molecular weight is 276 g/mol. The summed E-state index contributed by atoms with van der Waals surface area (Å²) in [7, 11) is 1.96. The van der Waals surface area contributed by atoms with Crippen LogP contribution in [-0.2, 0) is 9.53 Å². The lowest BCUT2D eigenvalue weighted by molar-refractivity contribution is -0.117. The van der Waals surface area contributed by atoms with Crippen LogP contribution in [0.2, 0.25) is 0 Å². The third-order valence-electron chi connectivity index (χ3n) is 3.54. The summed E-state index contributed by atoms with van der Waals surface area (Å²) in [5.41, 5.74) is 2.04. The van der Waals surface area contributed by atoms with Gasteiger partial charge in [0.2, 0.25) is 5.91 Å². The van der Waals surface area contributed by atoms with Crippen molar-refractivity contribution in [3.63, 3.8) is 0 Å². The molecule has 0 aromatic heterocycles. The SMILES string of the molecule is Cc1ccc(NC(=O)CN(C)C[C@H]2CCCCO2)cc1. The Kier molecular flexibility index (Phi) is 5.56. The van der Waals surface area contributed by atoms with Crippen molar-refractivity contribution in [2.75, 3.05) is 32.1 Å². The molecule has 1 atom stereocenters. The molecule has 0 saturated carbocycles. The summed E-state index contributed by atoms with van der Waals surface area (Å²) in [6, 6.07) is 7.85. The monoisotopic (exact) mass is 276 g/mol. The third kappa shape index (κ3) is 4.94. The van der Waals surface area contributed by atoms with Gasteiger partial charge in [-0.15, -0.1) is 0 Å². The zero-order valence-electron chi connectivity index (χ0n) is 12.4. The summed E-state index contributed by atoms with van der Waals surface area (Å²) < 4.78 is 5.69. The molecular weight excluding hydrogens is 252 g/mol. The van der Waals surface area contributed by atoms with E-state index in [1.165, 1.54) is 12.0 Å². The molecule has 1 aromatic carbocycles. The molecule has 4 nitrogen and oxygen atoms in total. The molecule has 0 spiro atoms. The number of hydrogen-bond donors (Lipinski definition) is 1. The number of nitrogens with one attached hydrogen (secondary N) is 1. The fraction of sp³-hybridized carbons (Fsp3) is 0.562. The highest BCUT2D eigenvalue weighted by atomic mass is 16.5. The van der Waals surface area contributed by atoms with Crippen molar-refractivity contribution in [3.05, 3.63) is 29.8 Å². The highest BCUT2D eigenvalue weighted by Gasteiger charge is 2.17. The van der Waals surface area contributed by atoms with Crippen molar-refractivity contribution in [2.24, 2.45) is 0 Å². The summed E-state index contributed by atoms with van der Waals surface area (Å²) in [5.74, 6) is 0.0205. The third-order valence-corrected chi connectivity index (χ3v) is 3.54. The quantitative estimate of drug-likeness (QED) is 0.898. The van der Waals surface area contributed by atoms with Crippen molar-refractivity contribution in [2.45, 2.75) is 32.3 Å². The molecule has 0 aliphatic carbocycles. The molecule has 1 amide bonds. The largest absolute Gasteiger partial charge is 0.377 e. The fourth-order valence-corrected chi connectivity index (χ4v) is 2.45. The van der Waals surface area contributed by atoms with Crippen LogP contribution in [0.5, 0.6) is 0 Å². The number of aryl methyl sites for hydroxylation is 1. The Labute approximate surface area is 121 Å². The van der Waals surface area contributed by atoms with E-state index in [0.29, 0.717) is 6.54 Å². The van der Waals surface area contributed by atoms with Crippen LogP contribution < -0.4 is 5.32 Å². The number of ether oxygens (including phenoxy) is 1. The maximum atomic E-state index is 12.0. The molecule has 110 valence electrons. The summed E-state index contributed by atoms with van der Waals surface area (Å²) in [4.78, 5) is 14.0. The van der Waals surface area contributed by atoms with Gasteiger partial charge in [0.15, 0.2) is 0 Å². The van der Waals surface area contributed by atoms with Gasteiger partial charge in [-0.1, -0.05) is 17.7 Å². The second kappa shape index (κ2) is 7.41. The molecule has 0 radical (unpaired) electrons. The van der Waals surface area contributed by atoms with E-state index in [4.69, 9.17) is 4.74 Å². The maximum Gasteiger partial charge on any atom is 0.238 e. The fourth-order valence-electron chi connectivity index (χ4n) is 2.45. The predicted octanol–water partition coefficient (Wildman–Crippen LogP) is 2.43. The molecule has 1 heterocycles. The Balaban J connectivity index is 1.74. The summed E-state index contributed by atoms with van der Waals surface area (Å²) in [6.45, 7) is 4.10. The highest BCUT2D eigenvalue weighted by molar-refractivity contribution is 5.92. The van der Waals surface area contributed by atoms with Crippen LogP contribution in [0.1, 0.15) is 24.8 Å². The molecule has 1 fully saturated rings. The second-order valence-corrected chi connectivity index (χ2v) is 5.60. The molecule has 1 aromatic rings. The minimum absolute atomic E-state index is 0.0205. The van der Waals surface area contributed by atoms with Gasteiger partial charge in [0.1, 0.15) is 0 Å². The number of carbonyl (C=O) groups is 1. The van der Waals surface area contributed by atoms with E-state index in [1.807, 2.05) is 43.1 Å². The average Bonchev–Trinajstić information content (AvgIpc) is 2.42. The van der Waals surface area contributed by atoms with E-state index in [1.54, 1.807) is 0 Å². The van der Waals surface area contributed by atoms with Crippen molar-refractivity contribution >= 4 is 11.6 Å². The molecule has 0 unspecified atom stereocenters. The first-order valence-corrected chi connectivity index (χ1v) is 7.30. The Hall–Kier alpha value is -1.39. The lowest BCUT2D eigenvalue weighted by Gasteiger charge is -2.27. The van der Waals surface area contributed by atoms with E-state index >= 15 is 0 Å². The van der Waals surface area contributed by atoms with Gasteiger partial charge >= 0.3 is 0 Å². The molecule has 1 aliphatic heterocycles. The van der Waals surface area contributed by atoms with E-state index < -0.39 is 0 Å². The molecule has 4 heteroatoms. The van der Waals surface area contributed by atoms with Crippen LogP contribution in [0.3, 0.4) is 0 Å². The van der Waals surface area contributed by atoms with Crippen LogP contribution >= 0.6 is 0 Å². The van der Waals surface area contributed by atoms with Crippen LogP contribution in [0.4, 0.5) is 5.69 Å². The molecule has 1 aliphatic rings. The first kappa shape index (κ1) is 15.0. The van der Waals surface area contributed by atoms with Gasteiger partial charge in [-0.25, -0.2) is 0 Å². The minimum atomic E-state index is 0.0205. The van der Waals surface area contributed by atoms with E-state index in [2.05, 4.69) is 5.32 Å². The zero-order chi connectivity index (χ0) is 14.4. The van der Waals surface area contributed by atoms with Gasteiger partial charge < -0.3 is 10.1 Å². The number of nitrogens with zero attached hydrogens (tertiary/aromatic N) is 1. The van der Waals surface area contributed by atoms with Gasteiger partial charge in [-0.2, -0.15) is 0 Å². The van der Waals surface area contributed by atoms with Gasteiger partial charge in [0.25, 0.3) is 0 Å². The lowest BCUT2D eigenvalue weighted by Crippen LogP contribution is -2.37. The summed E-state index contributed by atoms with van der Waals surface area (Å²) in [5, 5.41) is 2.92. The number of amides is 1. The number of hydrogen-bond acceptors (Lipinski definition) is 3. The Morgan fingerprint density at radius 3 is 2.75 bits per heavy atom. The zero-order valence-corrected chi connectivity index (χ0v) is 12.4. The standard InChI is InChI=1S/C16H24N2O2/c1-13-6-8-14(9-7-13)17-16(19)12-18(2)11-15-5-3-4-10-20-15/h6-9,15H,3-5,10-12H2,1-2H3,(H,17,19)/t15-/m1/s1. The maximum absolute atomic E-state index is 12.0. The summed E-state index contributed by atoms with van der Waals surface area (Å²) >= 11 is 0. The van der Waals surface area contributed by atoms with Crippen molar-refractivity contribution in [3.8, 4) is 0 Å². The van der Waals surface area contributed by atoms with Crippen LogP contribution in [-0.4, -0.2) is 43.7 Å². The molecule has 20 heavy (non-hydrogen) atoms. The number of carbonyl (C=O) groups excluding carboxylic acids is 1. The molecule has 0 bridgehead atoms. The van der Waals surface area contributed by atoms with Crippen LogP contribution in [0.15, 0.2) is 24.3 Å². The van der Waals surface area contributed by atoms with Gasteiger partial charge in [0.05, 0.1) is 12.6 Å². The second-order valence-electron chi connectivity index (χ2n) is 5.60. The lowest BCUT2D eigenvalue weighted by atomic mass is 10.1. The first-order valence-electron chi connectivity index (χ1n) is 7.30. The molecule has 1 N–H and O–H groups in total. The van der Waals surface area contributed by atoms with E-state index in [-0.39, 0.29) is 12.0 Å². The topological polar surface area (TPSA) is 41.6 Å². The minimum Gasteiger partial charge on any atom is -0.377 e. The Bertz CT molecular complexity index is 425. The predicted molar refractivity (Wildman–Crippen MR) is 80.9 cm³/mol. The highest BCUT2D eigenvalue weighted by Crippen LogP contribution is 2.13. The number of rotatable bonds is 5. The normalized spacial score (nSPS) is 19.1. The first-order chi connectivity index (χ1) is 9.63. The Morgan fingerprint density at radius 2 is 2.10 bits per heavy atom. The Morgan fingerprint density at radius 1 is 1.35 bits per heavy atom. The van der Waals surface area contributed by atoms with Gasteiger partial charge in [-0.05, 0) is 45.4 Å². The number of anilines is 1. The van der Waals surface area contributed by atoms with E-state index in [9.17, 15) is 4.79 Å². The van der Waals surface area contributed by atoms with Crippen LogP contribution in [0, 0.1) is 6.92 Å². The van der Waals surface area contributed by atoms with Crippen LogP contribution in [0.25, 0.3) is 0 Å². The smallest absolute Gasteiger partial charge is 0.238 e. The number of benzene rings is 1. The summed E-state index contributed by atoms with van der Waals surface area (Å²) in [6.07, 6.45) is 3.77. The van der Waals surface area contributed by atoms with E-state index in [0.717, 1.165) is 31.7 Å². The van der Waals surface area contributed by atoms with Gasteiger partial charge in [0, 0.05) is 18.8 Å². The molecule has 1 saturated heterocycles. The van der Waals surface area contributed by atoms with Crippen molar-refractivity contribution < 1.29 is 9.53 Å². The molecule has 2 rings (SSSR count). The van der Waals surface area contributed by atoms with Crippen molar-refractivity contribution in [1.82, 2.24) is 4.90 Å². The van der Waals surface area contributed by atoms with Gasteiger partial charge in [-0.3, -0.25) is 9.69 Å². The number of likely N-dealkylation sites (N-methyl/N-ethyl adjacent to an activating group) is 1.